The predicted octanol–water partition coefficient (Wildman–Crippen LogP) is 6.31. The second-order valence-electron chi connectivity index (χ2n) is 6.95. The number of hydrogen-bond acceptors (Lipinski definition) is 2. The van der Waals surface area contributed by atoms with E-state index in [2.05, 4.69) is 45.6 Å². The topological polar surface area (TPSA) is 26.3 Å². The van der Waals surface area contributed by atoms with E-state index in [4.69, 9.17) is 4.74 Å². The summed E-state index contributed by atoms with van der Waals surface area (Å²) in [5.41, 5.74) is 4.88. The Labute approximate surface area is 148 Å². The zero-order valence-electron chi connectivity index (χ0n) is 16.0. The van der Waals surface area contributed by atoms with Gasteiger partial charge in [-0.05, 0) is 78.6 Å². The van der Waals surface area contributed by atoms with Crippen molar-refractivity contribution < 1.29 is 9.53 Å². The maximum Gasteiger partial charge on any atom is 0.333 e. The van der Waals surface area contributed by atoms with Crippen molar-refractivity contribution in [2.24, 2.45) is 5.92 Å². The van der Waals surface area contributed by atoms with E-state index in [9.17, 15) is 4.79 Å². The van der Waals surface area contributed by atoms with Gasteiger partial charge in [0.05, 0.1) is 6.61 Å². The summed E-state index contributed by atoms with van der Waals surface area (Å²) in [6.45, 7) is 12.9. The van der Waals surface area contributed by atoms with Crippen molar-refractivity contribution >= 4 is 5.97 Å². The molecule has 0 spiro atoms. The number of esters is 1. The molecule has 0 amide bonds. The standard InChI is InChI=1S/C22H34O2/c1-6-24-22(23)21-12-8-11-18(4)9-7-10-19(5)13-14-20(15-16-21)17(2)3/h10-11,16,20H,2,6-9,12-15H2,1,3-5H3/b18-11+,19-10+,21-16?/t20-/m1/s1. The van der Waals surface area contributed by atoms with Crippen LogP contribution in [0.1, 0.15) is 72.6 Å². The molecule has 0 aromatic carbocycles. The summed E-state index contributed by atoms with van der Waals surface area (Å²) in [7, 11) is 0. The van der Waals surface area contributed by atoms with E-state index in [1.165, 1.54) is 16.7 Å². The molecule has 0 radical (unpaired) electrons. The Morgan fingerprint density at radius 3 is 2.38 bits per heavy atom. The second kappa shape index (κ2) is 11.1. The fourth-order valence-electron chi connectivity index (χ4n) is 2.99. The largest absolute Gasteiger partial charge is 0.463 e. The Hall–Kier alpha value is -1.57. The first-order chi connectivity index (χ1) is 11.4. The molecule has 1 rings (SSSR count). The highest BCUT2D eigenvalue weighted by Gasteiger charge is 2.13. The van der Waals surface area contributed by atoms with Crippen LogP contribution < -0.4 is 0 Å². The Morgan fingerprint density at radius 1 is 1.12 bits per heavy atom. The summed E-state index contributed by atoms with van der Waals surface area (Å²) in [5.74, 6) is 0.269. The van der Waals surface area contributed by atoms with Gasteiger partial charge in [0.1, 0.15) is 0 Å². The minimum atomic E-state index is -0.160. The molecule has 1 aliphatic rings. The number of hydrogen-bond donors (Lipinski definition) is 0. The number of ether oxygens (including phenoxy) is 1. The van der Waals surface area contributed by atoms with Gasteiger partial charge in [-0.15, -0.1) is 0 Å². The van der Waals surface area contributed by atoms with Crippen LogP contribution in [-0.2, 0) is 9.53 Å². The van der Waals surface area contributed by atoms with Gasteiger partial charge in [0.25, 0.3) is 0 Å². The third-order valence-corrected chi connectivity index (χ3v) is 4.71. The van der Waals surface area contributed by atoms with Gasteiger partial charge in [-0.25, -0.2) is 4.79 Å². The van der Waals surface area contributed by atoms with Crippen LogP contribution in [-0.4, -0.2) is 12.6 Å². The summed E-state index contributed by atoms with van der Waals surface area (Å²) in [5, 5.41) is 0. The molecule has 0 N–H and O–H groups in total. The minimum absolute atomic E-state index is 0.160. The zero-order valence-corrected chi connectivity index (χ0v) is 16.0. The van der Waals surface area contributed by atoms with E-state index in [-0.39, 0.29) is 5.97 Å². The number of rotatable bonds is 3. The van der Waals surface area contributed by atoms with Crippen LogP contribution in [0.25, 0.3) is 0 Å². The molecule has 0 fully saturated rings. The van der Waals surface area contributed by atoms with Crippen molar-refractivity contribution in [2.45, 2.75) is 72.6 Å². The fraction of sp³-hybridized carbons (Fsp3) is 0.591. The Kier molecular flexibility index (Phi) is 9.44. The van der Waals surface area contributed by atoms with E-state index >= 15 is 0 Å². The van der Waals surface area contributed by atoms with Crippen LogP contribution in [0, 0.1) is 5.92 Å². The number of carbonyl (C=O) groups excluding carboxylic acids is 1. The first-order valence-electron chi connectivity index (χ1n) is 9.26. The molecular formula is C22H34O2. The maximum absolute atomic E-state index is 12.2. The first-order valence-corrected chi connectivity index (χ1v) is 9.26. The van der Waals surface area contributed by atoms with Crippen LogP contribution in [0.15, 0.2) is 47.1 Å². The highest BCUT2D eigenvalue weighted by Crippen LogP contribution is 2.25. The Balaban J connectivity index is 2.97. The summed E-state index contributed by atoms with van der Waals surface area (Å²) in [4.78, 5) is 12.2. The van der Waals surface area contributed by atoms with Gasteiger partial charge in [-0.1, -0.05) is 41.5 Å². The van der Waals surface area contributed by atoms with Crippen molar-refractivity contribution in [3.63, 3.8) is 0 Å². The minimum Gasteiger partial charge on any atom is -0.463 e. The highest BCUT2D eigenvalue weighted by molar-refractivity contribution is 5.88. The van der Waals surface area contributed by atoms with Gasteiger partial charge in [-0.3, -0.25) is 0 Å². The van der Waals surface area contributed by atoms with Gasteiger partial charge in [0.15, 0.2) is 0 Å². The average Bonchev–Trinajstić information content (AvgIpc) is 2.52. The van der Waals surface area contributed by atoms with E-state index in [1.54, 1.807) is 0 Å². The maximum atomic E-state index is 12.2. The quantitative estimate of drug-likeness (QED) is 0.448. The molecule has 0 saturated heterocycles. The lowest BCUT2D eigenvalue weighted by molar-refractivity contribution is -0.138. The molecule has 24 heavy (non-hydrogen) atoms. The number of allylic oxidation sites excluding steroid dienone is 6. The van der Waals surface area contributed by atoms with Gasteiger partial charge in [0, 0.05) is 5.57 Å². The molecule has 2 nitrogen and oxygen atoms in total. The molecule has 0 aromatic rings. The lowest BCUT2D eigenvalue weighted by Gasteiger charge is -2.17. The van der Waals surface area contributed by atoms with Gasteiger partial charge in [-0.2, -0.15) is 0 Å². The van der Waals surface area contributed by atoms with E-state index in [0.717, 1.165) is 50.5 Å². The average molecular weight is 331 g/mol. The smallest absolute Gasteiger partial charge is 0.333 e. The van der Waals surface area contributed by atoms with E-state index in [1.807, 2.05) is 6.92 Å². The number of carbonyl (C=O) groups is 1. The lowest BCUT2D eigenvalue weighted by Crippen LogP contribution is -2.09. The van der Waals surface area contributed by atoms with Gasteiger partial charge >= 0.3 is 5.97 Å². The predicted molar refractivity (Wildman–Crippen MR) is 103 cm³/mol. The lowest BCUT2D eigenvalue weighted by atomic mass is 9.89. The molecule has 1 aliphatic carbocycles. The third-order valence-electron chi connectivity index (χ3n) is 4.71. The van der Waals surface area contributed by atoms with Crippen molar-refractivity contribution in [1.29, 1.82) is 0 Å². The SMILES string of the molecule is C=C(C)[C@H]1CC=C(C(=O)OCC)CC/C=C(\C)CC/C=C(\C)CC1. The fourth-order valence-corrected chi connectivity index (χ4v) is 2.99. The van der Waals surface area contributed by atoms with E-state index in [0.29, 0.717) is 12.5 Å². The highest BCUT2D eigenvalue weighted by atomic mass is 16.5. The molecule has 2 heteroatoms. The Morgan fingerprint density at radius 2 is 1.75 bits per heavy atom. The van der Waals surface area contributed by atoms with Crippen LogP contribution in [0.4, 0.5) is 0 Å². The molecule has 134 valence electrons. The summed E-state index contributed by atoms with van der Waals surface area (Å²) >= 11 is 0. The normalized spacial score (nSPS) is 25.3. The molecule has 0 bridgehead atoms. The van der Waals surface area contributed by atoms with Gasteiger partial charge in [0.2, 0.25) is 0 Å². The van der Waals surface area contributed by atoms with E-state index < -0.39 is 0 Å². The summed E-state index contributed by atoms with van der Waals surface area (Å²) < 4.78 is 5.23. The van der Waals surface area contributed by atoms with Crippen molar-refractivity contribution in [3.05, 3.63) is 47.1 Å². The summed E-state index contributed by atoms with van der Waals surface area (Å²) in [6.07, 6.45) is 13.7. The molecular weight excluding hydrogens is 296 g/mol. The van der Waals surface area contributed by atoms with Crippen molar-refractivity contribution in [3.8, 4) is 0 Å². The van der Waals surface area contributed by atoms with Crippen LogP contribution >= 0.6 is 0 Å². The zero-order chi connectivity index (χ0) is 17.9. The van der Waals surface area contributed by atoms with Crippen LogP contribution in [0.2, 0.25) is 0 Å². The van der Waals surface area contributed by atoms with Crippen LogP contribution in [0.5, 0.6) is 0 Å². The second-order valence-corrected chi connectivity index (χ2v) is 6.95. The Bertz CT molecular complexity index is 520. The molecule has 0 aromatic heterocycles. The molecule has 0 unspecified atom stereocenters. The van der Waals surface area contributed by atoms with Crippen molar-refractivity contribution in [2.75, 3.05) is 6.61 Å². The van der Waals surface area contributed by atoms with Crippen molar-refractivity contribution in [1.82, 2.24) is 0 Å². The first kappa shape index (κ1) is 20.5. The molecule has 1 atom stereocenters. The monoisotopic (exact) mass is 330 g/mol. The summed E-state index contributed by atoms with van der Waals surface area (Å²) in [6, 6.07) is 0. The molecule has 0 saturated carbocycles. The third kappa shape index (κ3) is 7.81. The molecule has 0 heterocycles. The van der Waals surface area contributed by atoms with Gasteiger partial charge < -0.3 is 4.74 Å². The molecule has 0 aliphatic heterocycles. The van der Waals surface area contributed by atoms with Crippen LogP contribution in [0.3, 0.4) is 0 Å².